The van der Waals surface area contributed by atoms with Gasteiger partial charge >= 0.3 is 0 Å². The van der Waals surface area contributed by atoms with Gasteiger partial charge in [0.05, 0.1) is 3.79 Å². The zero-order valence-electron chi connectivity index (χ0n) is 10.1. The molecule has 9 heteroatoms. The Morgan fingerprint density at radius 2 is 2.26 bits per heavy atom. The zero-order valence-corrected chi connectivity index (χ0v) is 13.3. The van der Waals surface area contributed by atoms with E-state index in [1.54, 1.807) is 18.4 Å². The van der Waals surface area contributed by atoms with Crippen LogP contribution in [0.1, 0.15) is 4.88 Å². The van der Waals surface area contributed by atoms with E-state index in [1.807, 2.05) is 12.1 Å². The van der Waals surface area contributed by atoms with Crippen LogP contribution in [0.2, 0.25) is 0 Å². The average molecular weight is 365 g/mol. The molecule has 0 spiro atoms. The van der Waals surface area contributed by atoms with E-state index in [0.29, 0.717) is 13.0 Å². The summed E-state index contributed by atoms with van der Waals surface area (Å²) in [4.78, 5) is 1.12. The molecule has 6 nitrogen and oxygen atoms in total. The summed E-state index contributed by atoms with van der Waals surface area (Å²) in [7, 11) is -1.98. The highest BCUT2D eigenvalue weighted by molar-refractivity contribution is 9.11. The minimum atomic E-state index is -3.60. The summed E-state index contributed by atoms with van der Waals surface area (Å²) in [6.07, 6.45) is 2.02. The minimum absolute atomic E-state index is 0.00821. The van der Waals surface area contributed by atoms with Crippen LogP contribution in [0.3, 0.4) is 0 Å². The van der Waals surface area contributed by atoms with Gasteiger partial charge in [0.2, 0.25) is 10.0 Å². The number of hydrogen-bond donors (Lipinski definition) is 2. The third kappa shape index (κ3) is 3.56. The molecule has 0 aliphatic carbocycles. The molecule has 2 aromatic rings. The first-order chi connectivity index (χ1) is 8.88. The average Bonchev–Trinajstić information content (AvgIpc) is 2.85. The predicted molar refractivity (Wildman–Crippen MR) is 78.5 cm³/mol. The number of anilines is 1. The normalized spacial score (nSPS) is 11.9. The van der Waals surface area contributed by atoms with Crippen LogP contribution in [0.5, 0.6) is 0 Å². The van der Waals surface area contributed by atoms with Crippen molar-refractivity contribution >= 4 is 43.1 Å². The Balaban J connectivity index is 2.00. The van der Waals surface area contributed by atoms with E-state index in [-0.39, 0.29) is 10.7 Å². The number of nitrogen functional groups attached to an aromatic ring is 1. The van der Waals surface area contributed by atoms with Crippen molar-refractivity contribution in [1.82, 2.24) is 14.5 Å². The van der Waals surface area contributed by atoms with Crippen LogP contribution in [0.15, 0.2) is 27.0 Å². The molecule has 0 amide bonds. The van der Waals surface area contributed by atoms with Crippen molar-refractivity contribution < 1.29 is 8.42 Å². The molecule has 0 saturated heterocycles. The summed E-state index contributed by atoms with van der Waals surface area (Å²) in [5.41, 5.74) is 5.56. The van der Waals surface area contributed by atoms with Crippen molar-refractivity contribution in [1.29, 1.82) is 0 Å². The Kier molecular flexibility index (Phi) is 4.29. The van der Waals surface area contributed by atoms with Crippen LogP contribution in [0.4, 0.5) is 5.82 Å². The highest BCUT2D eigenvalue weighted by Crippen LogP contribution is 2.22. The van der Waals surface area contributed by atoms with Crippen molar-refractivity contribution in [2.75, 3.05) is 12.3 Å². The summed E-state index contributed by atoms with van der Waals surface area (Å²) >= 11 is 4.95. The van der Waals surface area contributed by atoms with Crippen LogP contribution in [-0.2, 0) is 23.5 Å². The Morgan fingerprint density at radius 3 is 2.79 bits per heavy atom. The number of thiophene rings is 1. The molecule has 2 rings (SSSR count). The number of rotatable bonds is 5. The first-order valence-corrected chi connectivity index (χ1v) is 8.51. The second-order valence-electron chi connectivity index (χ2n) is 3.91. The molecule has 0 saturated carbocycles. The second kappa shape index (κ2) is 5.61. The predicted octanol–water partition coefficient (Wildman–Crippen LogP) is 1.35. The molecular formula is C10H13BrN4O2S2. The maximum Gasteiger partial charge on any atom is 0.245 e. The van der Waals surface area contributed by atoms with E-state index in [4.69, 9.17) is 5.73 Å². The summed E-state index contributed by atoms with van der Waals surface area (Å²) in [5.74, 6) is 0.00821. The fourth-order valence-electron chi connectivity index (χ4n) is 1.56. The Hall–Kier alpha value is -0.900. The quantitative estimate of drug-likeness (QED) is 0.837. The summed E-state index contributed by atoms with van der Waals surface area (Å²) in [5, 5.41) is 3.82. The van der Waals surface area contributed by atoms with Gasteiger partial charge in [-0.05, 0) is 34.5 Å². The smallest absolute Gasteiger partial charge is 0.245 e. The largest absolute Gasteiger partial charge is 0.381 e. The molecule has 0 bridgehead atoms. The number of halogens is 1. The lowest BCUT2D eigenvalue weighted by Gasteiger charge is -2.04. The van der Waals surface area contributed by atoms with Gasteiger partial charge in [0.25, 0.3) is 0 Å². The standard InChI is InChI=1S/C10H13BrN4O2S2/c1-15-6-8(10(12)14-15)19(16,17)13-5-4-7-2-3-9(11)18-7/h2-3,6,13H,4-5H2,1H3,(H2,12,14). The molecule has 0 fully saturated rings. The maximum atomic E-state index is 12.0. The number of nitrogens with one attached hydrogen (secondary N) is 1. The number of nitrogens with zero attached hydrogens (tertiary/aromatic N) is 2. The molecule has 0 unspecified atom stereocenters. The Labute approximate surface area is 123 Å². The molecule has 19 heavy (non-hydrogen) atoms. The lowest BCUT2D eigenvalue weighted by Crippen LogP contribution is -2.26. The van der Waals surface area contributed by atoms with Crippen molar-refractivity contribution in [3.8, 4) is 0 Å². The number of aryl methyl sites for hydroxylation is 1. The molecule has 2 aromatic heterocycles. The Bertz CT molecular complexity index is 678. The molecule has 0 aliphatic rings. The van der Waals surface area contributed by atoms with E-state index in [1.165, 1.54) is 10.9 Å². The topological polar surface area (TPSA) is 90.0 Å². The fourth-order valence-corrected chi connectivity index (χ4v) is 4.18. The van der Waals surface area contributed by atoms with Crippen LogP contribution in [-0.4, -0.2) is 24.7 Å². The van der Waals surface area contributed by atoms with Crippen molar-refractivity contribution in [2.24, 2.45) is 7.05 Å². The molecule has 0 aliphatic heterocycles. The van der Waals surface area contributed by atoms with E-state index < -0.39 is 10.0 Å². The fraction of sp³-hybridized carbons (Fsp3) is 0.300. The van der Waals surface area contributed by atoms with Crippen molar-refractivity contribution in [3.63, 3.8) is 0 Å². The molecular weight excluding hydrogens is 352 g/mol. The Morgan fingerprint density at radius 1 is 1.53 bits per heavy atom. The van der Waals surface area contributed by atoms with Crippen LogP contribution < -0.4 is 10.5 Å². The van der Waals surface area contributed by atoms with Crippen molar-refractivity contribution in [3.05, 3.63) is 27.0 Å². The lowest BCUT2D eigenvalue weighted by atomic mass is 10.3. The molecule has 0 radical (unpaired) electrons. The third-order valence-corrected chi connectivity index (χ3v) is 5.57. The van der Waals surface area contributed by atoms with E-state index >= 15 is 0 Å². The number of nitrogens with two attached hydrogens (primary N) is 1. The van der Waals surface area contributed by atoms with Crippen LogP contribution >= 0.6 is 27.3 Å². The zero-order chi connectivity index (χ0) is 14.0. The molecule has 104 valence electrons. The van der Waals surface area contributed by atoms with Crippen LogP contribution in [0.25, 0.3) is 0 Å². The van der Waals surface area contributed by atoms with Gasteiger partial charge in [0.1, 0.15) is 4.90 Å². The van der Waals surface area contributed by atoms with Gasteiger partial charge in [-0.15, -0.1) is 11.3 Å². The van der Waals surface area contributed by atoms with Gasteiger partial charge in [0.15, 0.2) is 5.82 Å². The van der Waals surface area contributed by atoms with Crippen molar-refractivity contribution in [2.45, 2.75) is 11.3 Å². The van der Waals surface area contributed by atoms with E-state index in [9.17, 15) is 8.42 Å². The molecule has 2 heterocycles. The van der Waals surface area contributed by atoms with Gasteiger partial charge in [-0.1, -0.05) is 0 Å². The highest BCUT2D eigenvalue weighted by atomic mass is 79.9. The monoisotopic (exact) mass is 364 g/mol. The first-order valence-electron chi connectivity index (χ1n) is 5.41. The highest BCUT2D eigenvalue weighted by Gasteiger charge is 2.19. The summed E-state index contributed by atoms with van der Waals surface area (Å²) in [6.45, 7) is 0.323. The van der Waals surface area contributed by atoms with Gasteiger partial charge in [-0.25, -0.2) is 13.1 Å². The molecule has 0 atom stereocenters. The SMILES string of the molecule is Cn1cc(S(=O)(=O)NCCc2ccc(Br)s2)c(N)n1. The van der Waals surface area contributed by atoms with E-state index in [2.05, 4.69) is 25.8 Å². The lowest BCUT2D eigenvalue weighted by molar-refractivity contribution is 0.582. The first kappa shape index (κ1) is 14.5. The van der Waals surface area contributed by atoms with Gasteiger partial charge in [0, 0.05) is 24.7 Å². The number of sulfonamides is 1. The maximum absolute atomic E-state index is 12.0. The molecule has 0 aromatic carbocycles. The van der Waals surface area contributed by atoms with Gasteiger partial charge in [-0.3, -0.25) is 4.68 Å². The van der Waals surface area contributed by atoms with E-state index in [0.717, 1.165) is 8.66 Å². The minimum Gasteiger partial charge on any atom is -0.381 e. The van der Waals surface area contributed by atoms with Gasteiger partial charge in [-0.2, -0.15) is 5.10 Å². The number of hydrogen-bond acceptors (Lipinski definition) is 5. The van der Waals surface area contributed by atoms with Crippen LogP contribution in [0, 0.1) is 0 Å². The second-order valence-corrected chi connectivity index (χ2v) is 8.19. The van der Waals surface area contributed by atoms with Gasteiger partial charge < -0.3 is 5.73 Å². The number of aromatic nitrogens is 2. The summed E-state index contributed by atoms with van der Waals surface area (Å²) < 4.78 is 28.9. The molecule has 3 N–H and O–H groups in total. The summed E-state index contributed by atoms with van der Waals surface area (Å²) in [6, 6.07) is 3.90. The third-order valence-electron chi connectivity index (χ3n) is 2.40.